The summed E-state index contributed by atoms with van der Waals surface area (Å²) in [6.07, 6.45) is 0. The fourth-order valence-electron chi connectivity index (χ4n) is 4.36. The van der Waals surface area contributed by atoms with Crippen LogP contribution in [0, 0.1) is 0 Å². The topological polar surface area (TPSA) is 55.8 Å². The Kier molecular flexibility index (Phi) is 6.74. The average molecular weight is 498 g/mol. The minimum absolute atomic E-state index is 0.0439. The largest absolute Gasteiger partial charge is 0.489 e. The smallest absolute Gasteiger partial charge is 0.339 e. The van der Waals surface area contributed by atoms with Crippen molar-refractivity contribution < 1.29 is 19.1 Å². The number of esters is 1. The number of halogens is 1. The van der Waals surface area contributed by atoms with Crippen molar-refractivity contribution in [1.82, 2.24) is 4.90 Å². The van der Waals surface area contributed by atoms with Gasteiger partial charge in [-0.3, -0.25) is 4.79 Å². The van der Waals surface area contributed by atoms with Gasteiger partial charge in [0.25, 0.3) is 5.91 Å². The SMILES string of the molecule is COC(=O)c1cc(-c2cccc(COc3ccc4c(c3)CN(Cc3ccccc3)C4=O)c2)ccc1Cl. The van der Waals surface area contributed by atoms with Gasteiger partial charge in [-0.1, -0.05) is 66.2 Å². The molecule has 4 aromatic rings. The first-order chi connectivity index (χ1) is 17.5. The summed E-state index contributed by atoms with van der Waals surface area (Å²) in [4.78, 5) is 26.7. The Hall–Kier alpha value is -4.09. The number of hydrogen-bond donors (Lipinski definition) is 0. The summed E-state index contributed by atoms with van der Waals surface area (Å²) < 4.78 is 10.9. The summed E-state index contributed by atoms with van der Waals surface area (Å²) in [5, 5.41) is 0.350. The summed E-state index contributed by atoms with van der Waals surface area (Å²) in [7, 11) is 1.33. The molecule has 0 saturated carbocycles. The van der Waals surface area contributed by atoms with Crippen LogP contribution in [-0.4, -0.2) is 23.9 Å². The van der Waals surface area contributed by atoms with Crippen LogP contribution in [0.15, 0.2) is 91.0 Å². The van der Waals surface area contributed by atoms with Gasteiger partial charge in [-0.25, -0.2) is 4.79 Å². The van der Waals surface area contributed by atoms with E-state index < -0.39 is 5.97 Å². The zero-order valence-electron chi connectivity index (χ0n) is 19.7. The summed E-state index contributed by atoms with van der Waals surface area (Å²) >= 11 is 6.16. The summed E-state index contributed by atoms with van der Waals surface area (Å²) in [5.41, 5.74) is 5.90. The van der Waals surface area contributed by atoms with Crippen LogP contribution in [0.3, 0.4) is 0 Å². The number of methoxy groups -OCH3 is 1. The van der Waals surface area contributed by atoms with Gasteiger partial charge in [0, 0.05) is 18.7 Å². The molecule has 0 unspecified atom stereocenters. The van der Waals surface area contributed by atoms with Gasteiger partial charge in [0.2, 0.25) is 0 Å². The number of ether oxygens (including phenoxy) is 2. The monoisotopic (exact) mass is 497 g/mol. The highest BCUT2D eigenvalue weighted by atomic mass is 35.5. The fourth-order valence-corrected chi connectivity index (χ4v) is 4.55. The van der Waals surface area contributed by atoms with Gasteiger partial charge in [-0.05, 0) is 64.2 Å². The lowest BCUT2D eigenvalue weighted by molar-refractivity contribution is 0.0600. The number of hydrogen-bond acceptors (Lipinski definition) is 4. The van der Waals surface area contributed by atoms with Crippen LogP contribution in [0.2, 0.25) is 5.02 Å². The first kappa shape index (κ1) is 23.6. The van der Waals surface area contributed by atoms with Crippen molar-refractivity contribution in [1.29, 1.82) is 0 Å². The van der Waals surface area contributed by atoms with Crippen molar-refractivity contribution in [3.8, 4) is 16.9 Å². The molecule has 1 aliphatic rings. The molecule has 0 aromatic heterocycles. The van der Waals surface area contributed by atoms with Gasteiger partial charge in [0.1, 0.15) is 12.4 Å². The van der Waals surface area contributed by atoms with Crippen molar-refractivity contribution in [2.75, 3.05) is 7.11 Å². The number of benzene rings is 4. The van der Waals surface area contributed by atoms with Gasteiger partial charge < -0.3 is 14.4 Å². The predicted molar refractivity (Wildman–Crippen MR) is 139 cm³/mol. The number of fused-ring (bicyclic) bond motifs is 1. The van der Waals surface area contributed by atoms with Crippen LogP contribution < -0.4 is 4.74 Å². The standard InChI is InChI=1S/C30H24ClNO4/c1-35-30(34)27-16-23(10-13-28(27)31)22-9-5-8-21(14-22)19-36-25-11-12-26-24(15-25)18-32(29(26)33)17-20-6-3-2-4-7-20/h2-16H,17-19H2,1H3. The lowest BCUT2D eigenvalue weighted by atomic mass is 10.0. The molecule has 0 aliphatic carbocycles. The van der Waals surface area contributed by atoms with Crippen LogP contribution >= 0.6 is 11.6 Å². The minimum atomic E-state index is -0.473. The molecule has 1 aliphatic heterocycles. The molecular formula is C30H24ClNO4. The Balaban J connectivity index is 1.28. The maximum atomic E-state index is 12.8. The Morgan fingerprint density at radius 1 is 0.889 bits per heavy atom. The van der Waals surface area contributed by atoms with Gasteiger partial charge in [-0.2, -0.15) is 0 Å². The fraction of sp³-hybridized carbons (Fsp3) is 0.133. The molecule has 0 N–H and O–H groups in total. The molecule has 1 amide bonds. The molecule has 5 nitrogen and oxygen atoms in total. The van der Waals surface area contributed by atoms with E-state index in [1.54, 1.807) is 12.1 Å². The van der Waals surface area contributed by atoms with Gasteiger partial charge in [0.05, 0.1) is 17.7 Å². The number of amides is 1. The van der Waals surface area contributed by atoms with Crippen LogP contribution in [0.1, 0.15) is 37.4 Å². The molecule has 0 radical (unpaired) electrons. The van der Waals surface area contributed by atoms with Crippen molar-refractivity contribution >= 4 is 23.5 Å². The summed E-state index contributed by atoms with van der Waals surface area (Å²) in [6.45, 7) is 1.51. The summed E-state index contributed by atoms with van der Waals surface area (Å²) in [6, 6.07) is 28.8. The third-order valence-corrected chi connectivity index (χ3v) is 6.54. The normalized spacial score (nSPS) is 12.4. The summed E-state index contributed by atoms with van der Waals surface area (Å²) in [5.74, 6) is 0.286. The Morgan fingerprint density at radius 3 is 2.47 bits per heavy atom. The highest BCUT2D eigenvalue weighted by molar-refractivity contribution is 6.33. The van der Waals surface area contributed by atoms with E-state index in [4.69, 9.17) is 21.1 Å². The second-order valence-electron chi connectivity index (χ2n) is 8.64. The molecule has 0 saturated heterocycles. The van der Waals surface area contributed by atoms with Crippen LogP contribution in [0.4, 0.5) is 0 Å². The quantitative estimate of drug-likeness (QED) is 0.272. The van der Waals surface area contributed by atoms with Crippen molar-refractivity contribution in [3.63, 3.8) is 0 Å². The maximum absolute atomic E-state index is 12.8. The van der Waals surface area contributed by atoms with Crippen molar-refractivity contribution in [3.05, 3.63) is 124 Å². The van der Waals surface area contributed by atoms with E-state index >= 15 is 0 Å². The number of carbonyl (C=O) groups is 2. The Bertz CT molecular complexity index is 1430. The molecule has 0 bridgehead atoms. The van der Waals surface area contributed by atoms with E-state index in [0.29, 0.717) is 36.0 Å². The van der Waals surface area contributed by atoms with Gasteiger partial charge in [0.15, 0.2) is 0 Å². The van der Waals surface area contributed by atoms with Crippen molar-refractivity contribution in [2.45, 2.75) is 19.7 Å². The molecule has 0 spiro atoms. The lowest BCUT2D eigenvalue weighted by Gasteiger charge is -2.15. The molecule has 6 heteroatoms. The molecule has 180 valence electrons. The van der Waals surface area contributed by atoms with Crippen LogP contribution in [-0.2, 0) is 24.4 Å². The molecule has 0 fully saturated rings. The maximum Gasteiger partial charge on any atom is 0.339 e. The molecule has 1 heterocycles. The first-order valence-electron chi connectivity index (χ1n) is 11.6. The van der Waals surface area contributed by atoms with E-state index in [1.807, 2.05) is 83.8 Å². The van der Waals surface area contributed by atoms with Crippen LogP contribution in [0.25, 0.3) is 11.1 Å². The molecule has 0 atom stereocenters. The highest BCUT2D eigenvalue weighted by Gasteiger charge is 2.27. The van der Waals surface area contributed by atoms with Crippen molar-refractivity contribution in [2.24, 2.45) is 0 Å². The lowest BCUT2D eigenvalue weighted by Crippen LogP contribution is -2.23. The number of nitrogens with zero attached hydrogens (tertiary/aromatic N) is 1. The third-order valence-electron chi connectivity index (χ3n) is 6.21. The van der Waals surface area contributed by atoms with E-state index in [1.165, 1.54) is 7.11 Å². The van der Waals surface area contributed by atoms with E-state index in [9.17, 15) is 9.59 Å². The van der Waals surface area contributed by atoms with Gasteiger partial charge in [-0.15, -0.1) is 0 Å². The number of carbonyl (C=O) groups excluding carboxylic acids is 2. The number of rotatable bonds is 7. The third kappa shape index (κ3) is 4.97. The van der Waals surface area contributed by atoms with Crippen LogP contribution in [0.5, 0.6) is 5.75 Å². The van der Waals surface area contributed by atoms with Gasteiger partial charge >= 0.3 is 5.97 Å². The molecule has 36 heavy (non-hydrogen) atoms. The second-order valence-corrected chi connectivity index (χ2v) is 9.05. The second kappa shape index (κ2) is 10.3. The molecule has 4 aromatic carbocycles. The predicted octanol–water partition coefficient (Wildman–Crippen LogP) is 6.53. The van der Waals surface area contributed by atoms with E-state index in [-0.39, 0.29) is 5.91 Å². The van der Waals surface area contributed by atoms with E-state index in [0.717, 1.165) is 33.4 Å². The Labute approximate surface area is 214 Å². The minimum Gasteiger partial charge on any atom is -0.489 e. The zero-order valence-corrected chi connectivity index (χ0v) is 20.5. The first-order valence-corrected chi connectivity index (χ1v) is 12.0. The average Bonchev–Trinajstić information content (AvgIpc) is 3.22. The molecule has 5 rings (SSSR count). The highest BCUT2D eigenvalue weighted by Crippen LogP contribution is 2.30. The van der Waals surface area contributed by atoms with E-state index in [2.05, 4.69) is 0 Å². The molecular weight excluding hydrogens is 474 g/mol. The zero-order chi connectivity index (χ0) is 25.1. The Morgan fingerprint density at radius 2 is 1.67 bits per heavy atom.